The molecule has 0 aliphatic heterocycles. The number of aromatic amines is 1. The van der Waals surface area contributed by atoms with E-state index in [9.17, 15) is 9.59 Å². The van der Waals surface area contributed by atoms with Crippen molar-refractivity contribution in [1.82, 2.24) is 14.5 Å². The number of rotatable bonds is 1. The molecule has 0 spiro atoms. The van der Waals surface area contributed by atoms with E-state index in [0.717, 1.165) is 4.57 Å². The molecule has 2 aromatic heterocycles. The van der Waals surface area contributed by atoms with Gasteiger partial charge in [-0.3, -0.25) is 9.78 Å². The van der Waals surface area contributed by atoms with Crippen LogP contribution < -0.4 is 11.2 Å². The lowest BCUT2D eigenvalue weighted by Gasteiger charge is -2.05. The van der Waals surface area contributed by atoms with Crippen LogP contribution in [0.2, 0.25) is 0 Å². The molecule has 3 aromatic rings. The molecule has 1 aromatic carbocycles. The number of fused-ring (bicyclic) bond motifs is 1. The fourth-order valence-corrected chi connectivity index (χ4v) is 1.88. The Morgan fingerprint density at radius 3 is 2.67 bits per heavy atom. The van der Waals surface area contributed by atoms with E-state index in [4.69, 9.17) is 0 Å². The second kappa shape index (κ2) is 3.96. The van der Waals surface area contributed by atoms with Crippen LogP contribution in [0, 0.1) is 0 Å². The fourth-order valence-electron chi connectivity index (χ4n) is 1.88. The van der Waals surface area contributed by atoms with Gasteiger partial charge in [-0.1, -0.05) is 12.1 Å². The number of nitrogens with one attached hydrogen (secondary N) is 1. The zero-order chi connectivity index (χ0) is 12.5. The number of aromatic nitrogens is 3. The van der Waals surface area contributed by atoms with Crippen molar-refractivity contribution in [2.24, 2.45) is 0 Å². The first-order valence-electron chi connectivity index (χ1n) is 5.42. The molecule has 1 N–H and O–H groups in total. The number of hydrogen-bond acceptors (Lipinski definition) is 3. The summed E-state index contributed by atoms with van der Waals surface area (Å²) < 4.78 is 1.08. The minimum Gasteiger partial charge on any atom is -0.306 e. The summed E-state index contributed by atoms with van der Waals surface area (Å²) in [5, 5.41) is 0.473. The average molecular weight is 239 g/mol. The van der Waals surface area contributed by atoms with Crippen LogP contribution in [0.4, 0.5) is 0 Å². The topological polar surface area (TPSA) is 67.8 Å². The third-order valence-electron chi connectivity index (χ3n) is 2.71. The quantitative estimate of drug-likeness (QED) is 0.690. The Labute approximate surface area is 101 Å². The maximum atomic E-state index is 12.3. The predicted molar refractivity (Wildman–Crippen MR) is 68.0 cm³/mol. The highest BCUT2D eigenvalue weighted by molar-refractivity contribution is 5.77. The van der Waals surface area contributed by atoms with Crippen LogP contribution in [0.1, 0.15) is 0 Å². The molecule has 5 nitrogen and oxygen atoms in total. The molecule has 0 atom stereocenters. The van der Waals surface area contributed by atoms with Gasteiger partial charge in [-0.25, -0.2) is 9.36 Å². The van der Waals surface area contributed by atoms with E-state index in [1.54, 1.807) is 42.6 Å². The summed E-state index contributed by atoms with van der Waals surface area (Å²) in [5.74, 6) is 0. The van der Waals surface area contributed by atoms with Crippen molar-refractivity contribution in [3.63, 3.8) is 0 Å². The van der Waals surface area contributed by atoms with Gasteiger partial charge in [0.05, 0.1) is 22.8 Å². The number of benzene rings is 1. The van der Waals surface area contributed by atoms with Crippen LogP contribution in [0.15, 0.2) is 58.4 Å². The summed E-state index contributed by atoms with van der Waals surface area (Å²) in [5.41, 5.74) is 0.177. The highest BCUT2D eigenvalue weighted by Gasteiger charge is 2.08. The molecule has 0 bridgehead atoms. The Hall–Kier alpha value is -2.69. The monoisotopic (exact) mass is 239 g/mol. The van der Waals surface area contributed by atoms with E-state index < -0.39 is 5.69 Å². The van der Waals surface area contributed by atoms with Gasteiger partial charge in [-0.2, -0.15) is 0 Å². The molecule has 0 aliphatic rings. The van der Waals surface area contributed by atoms with Crippen LogP contribution >= 0.6 is 0 Å². The molecule has 0 fully saturated rings. The third-order valence-corrected chi connectivity index (χ3v) is 2.71. The Bertz CT molecular complexity index is 819. The van der Waals surface area contributed by atoms with Crippen molar-refractivity contribution in [1.29, 1.82) is 0 Å². The maximum absolute atomic E-state index is 12.3. The van der Waals surface area contributed by atoms with E-state index in [2.05, 4.69) is 9.97 Å². The Morgan fingerprint density at radius 1 is 1.06 bits per heavy atom. The minimum absolute atomic E-state index is 0.345. The number of pyridine rings is 1. The van der Waals surface area contributed by atoms with Crippen LogP contribution in [-0.4, -0.2) is 14.5 Å². The highest BCUT2D eigenvalue weighted by atomic mass is 16.2. The molecule has 5 heteroatoms. The predicted octanol–water partition coefficient (Wildman–Crippen LogP) is 1.07. The molecule has 0 amide bonds. The summed E-state index contributed by atoms with van der Waals surface area (Å²) in [6.45, 7) is 0. The molecule has 0 saturated carbocycles. The first-order valence-corrected chi connectivity index (χ1v) is 5.42. The molecule has 0 aliphatic carbocycles. The summed E-state index contributed by atoms with van der Waals surface area (Å²) in [6, 6.07) is 10.3. The van der Waals surface area contributed by atoms with Crippen LogP contribution in [0.3, 0.4) is 0 Å². The molecular weight excluding hydrogens is 230 g/mol. The lowest BCUT2D eigenvalue weighted by atomic mass is 10.2. The lowest BCUT2D eigenvalue weighted by molar-refractivity contribution is 0.894. The first-order chi connectivity index (χ1) is 8.77. The van der Waals surface area contributed by atoms with E-state index in [0.29, 0.717) is 16.6 Å². The van der Waals surface area contributed by atoms with Gasteiger partial charge in [0.15, 0.2) is 0 Å². The van der Waals surface area contributed by atoms with E-state index >= 15 is 0 Å². The molecule has 88 valence electrons. The van der Waals surface area contributed by atoms with Gasteiger partial charge in [0.1, 0.15) is 0 Å². The zero-order valence-corrected chi connectivity index (χ0v) is 9.33. The zero-order valence-electron chi connectivity index (χ0n) is 9.33. The largest absolute Gasteiger partial charge is 0.333 e. The van der Waals surface area contributed by atoms with E-state index in [1.165, 1.54) is 6.20 Å². The molecular formula is C13H9N3O2. The van der Waals surface area contributed by atoms with Gasteiger partial charge in [0, 0.05) is 6.20 Å². The number of para-hydroxylation sites is 1. The lowest BCUT2D eigenvalue weighted by Crippen LogP contribution is -2.33. The van der Waals surface area contributed by atoms with Gasteiger partial charge in [-0.05, 0) is 24.3 Å². The van der Waals surface area contributed by atoms with Gasteiger partial charge in [0.25, 0.3) is 5.56 Å². The van der Waals surface area contributed by atoms with Gasteiger partial charge >= 0.3 is 5.69 Å². The minimum atomic E-state index is -0.466. The normalized spacial score (nSPS) is 10.7. The third kappa shape index (κ3) is 1.53. The summed E-state index contributed by atoms with van der Waals surface area (Å²) in [6.07, 6.45) is 3.06. The van der Waals surface area contributed by atoms with Crippen LogP contribution in [-0.2, 0) is 0 Å². The molecule has 0 saturated heterocycles. The Balaban J connectivity index is 2.45. The Morgan fingerprint density at radius 2 is 1.89 bits per heavy atom. The number of nitrogens with zero attached hydrogens (tertiary/aromatic N) is 2. The summed E-state index contributed by atoms with van der Waals surface area (Å²) >= 11 is 0. The SMILES string of the molecule is O=c1[nH]c2ccccc2c(=O)n1-c1cccnc1. The first kappa shape index (κ1) is 10.5. The van der Waals surface area contributed by atoms with Crippen molar-refractivity contribution in [2.45, 2.75) is 0 Å². The van der Waals surface area contributed by atoms with Gasteiger partial charge in [0.2, 0.25) is 0 Å². The molecule has 3 rings (SSSR count). The van der Waals surface area contributed by atoms with E-state index in [1.807, 2.05) is 0 Å². The van der Waals surface area contributed by atoms with Gasteiger partial charge in [-0.15, -0.1) is 0 Å². The van der Waals surface area contributed by atoms with E-state index in [-0.39, 0.29) is 5.56 Å². The van der Waals surface area contributed by atoms with Crippen LogP contribution in [0.25, 0.3) is 16.6 Å². The maximum Gasteiger partial charge on any atom is 0.333 e. The molecule has 0 unspecified atom stereocenters. The average Bonchev–Trinajstić information content (AvgIpc) is 2.40. The fraction of sp³-hybridized carbons (Fsp3) is 0. The number of hydrogen-bond donors (Lipinski definition) is 1. The Kier molecular flexibility index (Phi) is 2.30. The van der Waals surface area contributed by atoms with Crippen molar-refractivity contribution in [3.8, 4) is 5.69 Å². The highest BCUT2D eigenvalue weighted by Crippen LogP contribution is 2.05. The standard InChI is InChI=1S/C13H9N3O2/c17-12-10-5-1-2-6-11(10)15-13(18)16(12)9-4-3-7-14-8-9/h1-8H,(H,15,18). The second-order valence-corrected chi connectivity index (χ2v) is 3.83. The van der Waals surface area contributed by atoms with Crippen LogP contribution in [0.5, 0.6) is 0 Å². The number of H-pyrrole nitrogens is 1. The van der Waals surface area contributed by atoms with Crippen molar-refractivity contribution < 1.29 is 0 Å². The van der Waals surface area contributed by atoms with Crippen molar-refractivity contribution in [3.05, 3.63) is 69.6 Å². The van der Waals surface area contributed by atoms with Crippen molar-refractivity contribution >= 4 is 10.9 Å². The second-order valence-electron chi connectivity index (χ2n) is 3.83. The van der Waals surface area contributed by atoms with Gasteiger partial charge < -0.3 is 4.98 Å². The molecule has 18 heavy (non-hydrogen) atoms. The molecule has 2 heterocycles. The molecule has 0 radical (unpaired) electrons. The smallest absolute Gasteiger partial charge is 0.306 e. The summed E-state index contributed by atoms with van der Waals surface area (Å²) in [4.78, 5) is 30.8. The summed E-state index contributed by atoms with van der Waals surface area (Å²) in [7, 11) is 0. The van der Waals surface area contributed by atoms with Crippen molar-refractivity contribution in [2.75, 3.05) is 0 Å².